The van der Waals surface area contributed by atoms with E-state index < -0.39 is 0 Å². The van der Waals surface area contributed by atoms with Crippen LogP contribution in [0.1, 0.15) is 44.6 Å². The zero-order valence-electron chi connectivity index (χ0n) is 16.2. The fraction of sp³-hybridized carbons (Fsp3) is 0.619. The lowest BCUT2D eigenvalue weighted by atomic mass is 9.98. The minimum absolute atomic E-state index is 0.0229. The van der Waals surface area contributed by atoms with Crippen LogP contribution in [0.2, 0.25) is 0 Å². The van der Waals surface area contributed by atoms with E-state index in [0.717, 1.165) is 37.3 Å². The lowest BCUT2D eigenvalue weighted by Gasteiger charge is -2.49. The van der Waals surface area contributed by atoms with Gasteiger partial charge in [-0.1, -0.05) is 18.6 Å². The minimum atomic E-state index is 0.0229. The first kappa shape index (κ1) is 18.3. The Balaban J connectivity index is 1.22. The quantitative estimate of drug-likeness (QED) is 0.886. The summed E-state index contributed by atoms with van der Waals surface area (Å²) in [6.07, 6.45) is 5.47. The molecule has 0 radical (unpaired) electrons. The molecule has 6 nitrogen and oxygen atoms in total. The van der Waals surface area contributed by atoms with Crippen molar-refractivity contribution in [3.05, 3.63) is 29.8 Å². The molecule has 1 atom stereocenters. The van der Waals surface area contributed by atoms with Crippen molar-refractivity contribution < 1.29 is 9.59 Å². The van der Waals surface area contributed by atoms with E-state index in [0.29, 0.717) is 25.0 Å². The van der Waals surface area contributed by atoms with Crippen LogP contribution in [0.15, 0.2) is 24.3 Å². The fourth-order valence-corrected chi connectivity index (χ4v) is 4.50. The molecule has 3 aliphatic heterocycles. The Bertz CT molecular complexity index is 684. The summed E-state index contributed by atoms with van der Waals surface area (Å²) in [6.45, 7) is 6.49. The van der Waals surface area contributed by atoms with Crippen molar-refractivity contribution >= 4 is 17.6 Å². The van der Waals surface area contributed by atoms with Crippen LogP contribution in [0.5, 0.6) is 0 Å². The van der Waals surface area contributed by atoms with Crippen molar-refractivity contribution in [3.8, 4) is 0 Å². The van der Waals surface area contributed by atoms with E-state index in [4.69, 9.17) is 0 Å². The molecule has 3 aliphatic rings. The second-order valence-corrected chi connectivity index (χ2v) is 8.12. The summed E-state index contributed by atoms with van der Waals surface area (Å²) in [4.78, 5) is 30.5. The van der Waals surface area contributed by atoms with E-state index in [1.165, 1.54) is 25.8 Å². The van der Waals surface area contributed by atoms with E-state index in [1.807, 2.05) is 34.1 Å². The monoisotopic (exact) mass is 370 g/mol. The normalized spacial score (nSPS) is 24.2. The molecule has 3 amide bonds. The summed E-state index contributed by atoms with van der Waals surface area (Å²) >= 11 is 0. The maximum atomic E-state index is 12.4. The third kappa shape index (κ3) is 3.95. The lowest BCUT2D eigenvalue weighted by Crippen LogP contribution is -2.64. The van der Waals surface area contributed by atoms with Gasteiger partial charge in [-0.05, 0) is 50.4 Å². The molecule has 27 heavy (non-hydrogen) atoms. The third-order valence-electron chi connectivity index (χ3n) is 6.24. The van der Waals surface area contributed by atoms with E-state index >= 15 is 0 Å². The van der Waals surface area contributed by atoms with Crippen molar-refractivity contribution in [2.75, 3.05) is 31.1 Å². The minimum Gasteiger partial charge on any atom is -0.334 e. The number of likely N-dealkylation sites (tertiary alicyclic amines) is 2. The standard InChI is InChI=1S/C21H30N4O2/c1-16-5-2-3-11-24(16)19-14-23(15-19)21(27)22-13-17-7-9-18(10-8-17)25-12-4-6-20(25)26/h7-10,16,19H,2-6,11-15H2,1H3,(H,22,27)/t16-/m1/s1. The first-order valence-electron chi connectivity index (χ1n) is 10.3. The number of nitrogens with one attached hydrogen (secondary N) is 1. The van der Waals surface area contributed by atoms with Gasteiger partial charge >= 0.3 is 6.03 Å². The number of hydrogen-bond acceptors (Lipinski definition) is 3. The SMILES string of the molecule is C[C@@H]1CCCCN1C1CN(C(=O)NCc2ccc(N3CCCC3=O)cc2)C1. The maximum Gasteiger partial charge on any atom is 0.317 e. The molecular weight excluding hydrogens is 340 g/mol. The molecule has 0 unspecified atom stereocenters. The first-order chi connectivity index (χ1) is 13.1. The van der Waals surface area contributed by atoms with Crippen molar-refractivity contribution in [2.24, 2.45) is 0 Å². The number of carbonyl (C=O) groups excluding carboxylic acids is 2. The van der Waals surface area contributed by atoms with Crippen LogP contribution in [0.3, 0.4) is 0 Å². The zero-order chi connectivity index (χ0) is 18.8. The van der Waals surface area contributed by atoms with Crippen LogP contribution in [0, 0.1) is 0 Å². The molecule has 4 rings (SSSR count). The van der Waals surface area contributed by atoms with E-state index in [9.17, 15) is 9.59 Å². The van der Waals surface area contributed by atoms with Crippen LogP contribution in [0.4, 0.5) is 10.5 Å². The highest BCUT2D eigenvalue weighted by molar-refractivity contribution is 5.95. The van der Waals surface area contributed by atoms with Gasteiger partial charge in [0.05, 0.1) is 0 Å². The van der Waals surface area contributed by atoms with E-state index in [2.05, 4.69) is 17.1 Å². The average Bonchev–Trinajstić information content (AvgIpc) is 3.07. The van der Waals surface area contributed by atoms with Crippen LogP contribution in [-0.4, -0.2) is 60.0 Å². The van der Waals surface area contributed by atoms with Crippen molar-refractivity contribution in [1.82, 2.24) is 15.1 Å². The molecule has 0 saturated carbocycles. The molecule has 3 saturated heterocycles. The molecule has 3 heterocycles. The van der Waals surface area contributed by atoms with Gasteiger partial charge in [0, 0.05) is 50.4 Å². The van der Waals surface area contributed by atoms with Gasteiger partial charge in [-0.3, -0.25) is 9.69 Å². The molecule has 6 heteroatoms. The van der Waals surface area contributed by atoms with Gasteiger partial charge in [-0.25, -0.2) is 4.79 Å². The Labute approximate surface area is 161 Å². The van der Waals surface area contributed by atoms with Gasteiger partial charge in [0.15, 0.2) is 0 Å². The second-order valence-electron chi connectivity index (χ2n) is 8.12. The Morgan fingerprint density at radius 1 is 1.11 bits per heavy atom. The predicted octanol–water partition coefficient (Wildman–Crippen LogP) is 2.58. The van der Waals surface area contributed by atoms with Gasteiger partial charge in [-0.15, -0.1) is 0 Å². The van der Waals surface area contributed by atoms with Crippen LogP contribution in [-0.2, 0) is 11.3 Å². The molecule has 1 aromatic carbocycles. The summed E-state index contributed by atoms with van der Waals surface area (Å²) in [5.41, 5.74) is 2.01. The van der Waals surface area contributed by atoms with Crippen LogP contribution >= 0.6 is 0 Å². The first-order valence-corrected chi connectivity index (χ1v) is 10.3. The second kappa shape index (κ2) is 7.89. The molecular formula is C21H30N4O2. The number of piperidine rings is 1. The van der Waals surface area contributed by atoms with Crippen molar-refractivity contribution in [2.45, 2.75) is 57.7 Å². The Morgan fingerprint density at radius 2 is 1.89 bits per heavy atom. The van der Waals surface area contributed by atoms with Crippen LogP contribution < -0.4 is 10.2 Å². The van der Waals surface area contributed by atoms with E-state index in [1.54, 1.807) is 0 Å². The Hall–Kier alpha value is -2.08. The predicted molar refractivity (Wildman–Crippen MR) is 106 cm³/mol. The summed E-state index contributed by atoms with van der Waals surface area (Å²) < 4.78 is 0. The van der Waals surface area contributed by atoms with E-state index in [-0.39, 0.29) is 11.9 Å². The highest BCUT2D eigenvalue weighted by Crippen LogP contribution is 2.25. The highest BCUT2D eigenvalue weighted by atomic mass is 16.2. The number of benzene rings is 1. The largest absolute Gasteiger partial charge is 0.334 e. The summed E-state index contributed by atoms with van der Waals surface area (Å²) in [5.74, 6) is 0.200. The number of carbonyl (C=O) groups is 2. The molecule has 3 fully saturated rings. The molecule has 0 aliphatic carbocycles. The number of rotatable bonds is 4. The summed E-state index contributed by atoms with van der Waals surface area (Å²) in [7, 11) is 0. The number of nitrogens with zero attached hydrogens (tertiary/aromatic N) is 3. The van der Waals surface area contributed by atoms with Crippen molar-refractivity contribution in [1.29, 1.82) is 0 Å². The average molecular weight is 370 g/mol. The fourth-order valence-electron chi connectivity index (χ4n) is 4.50. The molecule has 1 aromatic rings. The Morgan fingerprint density at radius 3 is 2.56 bits per heavy atom. The van der Waals surface area contributed by atoms with Crippen LogP contribution in [0.25, 0.3) is 0 Å². The maximum absolute atomic E-state index is 12.4. The highest BCUT2D eigenvalue weighted by Gasteiger charge is 2.37. The molecule has 0 bridgehead atoms. The third-order valence-corrected chi connectivity index (χ3v) is 6.24. The van der Waals surface area contributed by atoms with Gasteiger partial charge in [0.25, 0.3) is 0 Å². The van der Waals surface area contributed by atoms with Gasteiger partial charge in [-0.2, -0.15) is 0 Å². The topological polar surface area (TPSA) is 55.9 Å². The number of amides is 3. The molecule has 0 spiro atoms. The number of urea groups is 1. The summed E-state index contributed by atoms with van der Waals surface area (Å²) in [6, 6.07) is 9.14. The zero-order valence-corrected chi connectivity index (χ0v) is 16.2. The smallest absolute Gasteiger partial charge is 0.317 e. The molecule has 1 N–H and O–H groups in total. The summed E-state index contributed by atoms with van der Waals surface area (Å²) in [5, 5.41) is 3.02. The van der Waals surface area contributed by atoms with Gasteiger partial charge in [0.1, 0.15) is 0 Å². The van der Waals surface area contributed by atoms with Gasteiger partial charge < -0.3 is 15.1 Å². The number of anilines is 1. The molecule has 146 valence electrons. The lowest BCUT2D eigenvalue weighted by molar-refractivity contribution is -0.117. The Kier molecular flexibility index (Phi) is 5.34. The number of hydrogen-bond donors (Lipinski definition) is 1. The van der Waals surface area contributed by atoms with Crippen molar-refractivity contribution in [3.63, 3.8) is 0 Å². The van der Waals surface area contributed by atoms with Gasteiger partial charge in [0.2, 0.25) is 5.91 Å². The molecule has 0 aromatic heterocycles.